The average Bonchev–Trinajstić information content (AvgIpc) is 3.31. The molecular formula is C25H27F3N6O4. The molecule has 3 aromatic rings. The average molecular weight is 533 g/mol. The Morgan fingerprint density at radius 3 is 2.53 bits per heavy atom. The zero-order valence-corrected chi connectivity index (χ0v) is 21.3. The molecular weight excluding hydrogens is 505 g/mol. The lowest BCUT2D eigenvalue weighted by Crippen LogP contribution is -2.55. The van der Waals surface area contributed by atoms with Gasteiger partial charge in [0.25, 0.3) is 0 Å². The number of carbonyl (C=O) groups excluding carboxylic acids is 2. The van der Waals surface area contributed by atoms with Crippen molar-refractivity contribution in [2.45, 2.75) is 51.9 Å². The van der Waals surface area contributed by atoms with E-state index in [1.165, 1.54) is 17.8 Å². The molecule has 0 radical (unpaired) electrons. The third kappa shape index (κ3) is 4.77. The minimum Gasteiger partial charge on any atom is -0.465 e. The van der Waals surface area contributed by atoms with Gasteiger partial charge < -0.3 is 19.7 Å². The standard InChI is InChI=1S/C25H27F3N6O4/c1-24(2,3)23(36)30-19-8-17(25(26,27)28)16(9-29-19)20-31-21(33-11-15-6-5-14(33)12-38-15)18-7-13(22(35)37-4)10-34(18)32-20/h7-10,14-15H,5-6,11-12H2,1-4H3,(H,29,30,36). The molecule has 10 nitrogen and oxygen atoms in total. The number of aromatic nitrogens is 4. The summed E-state index contributed by atoms with van der Waals surface area (Å²) in [4.78, 5) is 35.2. The summed E-state index contributed by atoms with van der Waals surface area (Å²) < 4.78 is 54.7. The number of halogens is 3. The highest BCUT2D eigenvalue weighted by Gasteiger charge is 2.39. The van der Waals surface area contributed by atoms with Gasteiger partial charge in [-0.1, -0.05) is 20.8 Å². The number of alkyl halides is 3. The second-order valence-corrected chi connectivity index (χ2v) is 10.5. The first-order chi connectivity index (χ1) is 17.8. The molecule has 2 bridgehead atoms. The fourth-order valence-corrected chi connectivity index (χ4v) is 4.59. The van der Waals surface area contributed by atoms with Crippen molar-refractivity contribution in [3.63, 3.8) is 0 Å². The molecule has 2 atom stereocenters. The summed E-state index contributed by atoms with van der Waals surface area (Å²) in [6, 6.07) is 2.32. The maximum atomic E-state index is 14.2. The van der Waals surface area contributed by atoms with E-state index in [-0.39, 0.29) is 34.9 Å². The number of hydrogen-bond acceptors (Lipinski definition) is 8. The largest absolute Gasteiger partial charge is 0.465 e. The second-order valence-electron chi connectivity index (χ2n) is 10.5. The number of carbonyl (C=O) groups is 2. The van der Waals surface area contributed by atoms with E-state index < -0.39 is 29.0 Å². The number of hydrogen-bond donors (Lipinski definition) is 1. The molecule has 0 spiro atoms. The minimum absolute atomic E-state index is 0.0155. The molecule has 6 rings (SSSR count). The summed E-state index contributed by atoms with van der Waals surface area (Å²) >= 11 is 0. The van der Waals surface area contributed by atoms with Crippen LogP contribution in [0.2, 0.25) is 0 Å². The van der Waals surface area contributed by atoms with E-state index in [9.17, 15) is 22.8 Å². The lowest BCUT2D eigenvalue weighted by molar-refractivity contribution is -0.137. The number of rotatable bonds is 4. The van der Waals surface area contributed by atoms with Crippen LogP contribution in [0.5, 0.6) is 0 Å². The van der Waals surface area contributed by atoms with Gasteiger partial charge in [0.1, 0.15) is 11.3 Å². The van der Waals surface area contributed by atoms with Gasteiger partial charge in [-0.25, -0.2) is 19.3 Å². The zero-order valence-electron chi connectivity index (χ0n) is 21.3. The zero-order chi connectivity index (χ0) is 27.4. The van der Waals surface area contributed by atoms with E-state index in [0.717, 1.165) is 25.1 Å². The lowest BCUT2D eigenvalue weighted by atomic mass is 9.96. The van der Waals surface area contributed by atoms with Crippen LogP contribution in [0, 0.1) is 5.41 Å². The molecule has 3 aliphatic heterocycles. The number of nitrogens with zero attached hydrogens (tertiary/aromatic N) is 5. The summed E-state index contributed by atoms with van der Waals surface area (Å²) in [7, 11) is 1.24. The van der Waals surface area contributed by atoms with Gasteiger partial charge in [-0.3, -0.25) is 4.79 Å². The maximum absolute atomic E-state index is 14.2. The molecule has 3 saturated heterocycles. The first-order valence-corrected chi connectivity index (χ1v) is 12.1. The van der Waals surface area contributed by atoms with Crippen LogP contribution in [0.1, 0.15) is 49.5 Å². The molecule has 1 amide bonds. The molecule has 0 saturated carbocycles. The summed E-state index contributed by atoms with van der Waals surface area (Å²) in [6.07, 6.45) is -0.683. The van der Waals surface area contributed by atoms with Crippen molar-refractivity contribution >= 4 is 29.0 Å². The van der Waals surface area contributed by atoms with E-state index >= 15 is 0 Å². The number of fused-ring (bicyclic) bond motifs is 4. The van der Waals surface area contributed by atoms with E-state index in [1.807, 2.05) is 4.90 Å². The fraction of sp³-hybridized carbons (Fsp3) is 0.480. The number of anilines is 2. The summed E-state index contributed by atoms with van der Waals surface area (Å²) in [5.74, 6) is -1.16. The van der Waals surface area contributed by atoms with E-state index in [0.29, 0.717) is 24.5 Å². The van der Waals surface area contributed by atoms with Crippen LogP contribution in [0.25, 0.3) is 16.9 Å². The third-order valence-electron chi connectivity index (χ3n) is 6.70. The third-order valence-corrected chi connectivity index (χ3v) is 6.70. The normalized spacial score (nSPS) is 19.6. The predicted molar refractivity (Wildman–Crippen MR) is 131 cm³/mol. The summed E-state index contributed by atoms with van der Waals surface area (Å²) in [5.41, 5.74) is -1.59. The smallest absolute Gasteiger partial charge is 0.417 e. The first-order valence-electron chi connectivity index (χ1n) is 12.1. The number of esters is 1. The Balaban J connectivity index is 1.66. The van der Waals surface area contributed by atoms with Crippen molar-refractivity contribution in [2.24, 2.45) is 5.41 Å². The van der Waals surface area contributed by atoms with Crippen molar-refractivity contribution in [3.05, 3.63) is 35.7 Å². The Morgan fingerprint density at radius 2 is 1.95 bits per heavy atom. The van der Waals surface area contributed by atoms with Crippen LogP contribution in [-0.2, 0) is 20.4 Å². The topological polar surface area (TPSA) is 111 Å². The Hall–Kier alpha value is -3.74. The SMILES string of the molecule is COC(=O)c1cc2c(N3CC4CCC3CO4)nc(-c3cnc(NC(=O)C(C)(C)C)cc3C(F)(F)F)nn2c1. The molecule has 202 valence electrons. The van der Waals surface area contributed by atoms with Gasteiger partial charge in [0.15, 0.2) is 11.6 Å². The van der Waals surface area contributed by atoms with Crippen LogP contribution >= 0.6 is 0 Å². The fourth-order valence-electron chi connectivity index (χ4n) is 4.59. The van der Waals surface area contributed by atoms with Gasteiger partial charge in [-0.2, -0.15) is 13.2 Å². The number of methoxy groups -OCH3 is 1. The van der Waals surface area contributed by atoms with Crippen molar-refractivity contribution in [3.8, 4) is 11.4 Å². The maximum Gasteiger partial charge on any atom is 0.417 e. The van der Waals surface area contributed by atoms with Gasteiger partial charge >= 0.3 is 12.1 Å². The summed E-state index contributed by atoms with van der Waals surface area (Å²) in [6.45, 7) is 5.91. The molecule has 6 heterocycles. The monoisotopic (exact) mass is 532 g/mol. The van der Waals surface area contributed by atoms with Crippen LogP contribution < -0.4 is 10.2 Å². The highest BCUT2D eigenvalue weighted by Crippen LogP contribution is 2.39. The van der Waals surface area contributed by atoms with E-state index in [1.54, 1.807) is 26.8 Å². The van der Waals surface area contributed by atoms with E-state index in [2.05, 4.69) is 20.4 Å². The van der Waals surface area contributed by atoms with Crippen molar-refractivity contribution in [1.82, 2.24) is 19.6 Å². The Labute approximate surface area is 216 Å². The van der Waals surface area contributed by atoms with Crippen LogP contribution in [0.4, 0.5) is 24.8 Å². The van der Waals surface area contributed by atoms with Gasteiger partial charge in [0, 0.05) is 24.4 Å². The van der Waals surface area contributed by atoms with Gasteiger partial charge in [0.2, 0.25) is 5.91 Å². The predicted octanol–water partition coefficient (Wildman–Crippen LogP) is 3.95. The second kappa shape index (κ2) is 9.22. The van der Waals surface area contributed by atoms with Crippen LogP contribution in [-0.4, -0.2) is 63.9 Å². The number of ether oxygens (including phenoxy) is 2. The number of pyridine rings is 1. The molecule has 0 aliphatic carbocycles. The van der Waals surface area contributed by atoms with Crippen LogP contribution in [0.3, 0.4) is 0 Å². The number of piperidine rings is 1. The number of morpholine rings is 1. The number of amides is 1. The van der Waals surface area contributed by atoms with Gasteiger partial charge in [-0.05, 0) is 25.0 Å². The van der Waals surface area contributed by atoms with Gasteiger partial charge in [-0.15, -0.1) is 5.10 Å². The molecule has 3 aromatic heterocycles. The highest BCUT2D eigenvalue weighted by atomic mass is 19.4. The molecule has 38 heavy (non-hydrogen) atoms. The molecule has 3 aliphatic rings. The molecule has 1 N–H and O–H groups in total. The van der Waals surface area contributed by atoms with Crippen LogP contribution in [0.15, 0.2) is 24.5 Å². The Morgan fingerprint density at radius 1 is 1.18 bits per heavy atom. The van der Waals surface area contributed by atoms with Crippen molar-refractivity contribution < 1.29 is 32.2 Å². The molecule has 0 aromatic carbocycles. The van der Waals surface area contributed by atoms with Gasteiger partial charge in [0.05, 0.1) is 42.6 Å². The first kappa shape index (κ1) is 25.9. The number of nitrogens with one attached hydrogen (secondary N) is 1. The quantitative estimate of drug-likeness (QED) is 0.503. The summed E-state index contributed by atoms with van der Waals surface area (Å²) in [5, 5.41) is 6.75. The van der Waals surface area contributed by atoms with Crippen molar-refractivity contribution in [1.29, 1.82) is 0 Å². The van der Waals surface area contributed by atoms with Crippen molar-refractivity contribution in [2.75, 3.05) is 30.5 Å². The molecule has 3 fully saturated rings. The molecule has 13 heteroatoms. The lowest BCUT2D eigenvalue weighted by Gasteiger charge is -2.45. The minimum atomic E-state index is -4.79. The van der Waals surface area contributed by atoms with E-state index in [4.69, 9.17) is 9.47 Å². The molecule has 2 unspecified atom stereocenters. The Bertz CT molecular complexity index is 1410. The highest BCUT2D eigenvalue weighted by molar-refractivity contribution is 5.94. The Kier molecular flexibility index (Phi) is 6.28.